The highest BCUT2D eigenvalue weighted by Gasteiger charge is 2.25. The molecule has 0 atom stereocenters. The summed E-state index contributed by atoms with van der Waals surface area (Å²) in [5, 5.41) is 1.41. The molecule has 32 heavy (non-hydrogen) atoms. The van der Waals surface area contributed by atoms with Gasteiger partial charge in [0.25, 0.3) is 5.56 Å². The van der Waals surface area contributed by atoms with Crippen molar-refractivity contribution in [2.45, 2.75) is 26.4 Å². The van der Waals surface area contributed by atoms with Gasteiger partial charge >= 0.3 is 5.97 Å². The Bertz CT molecular complexity index is 1450. The van der Waals surface area contributed by atoms with Gasteiger partial charge in [0, 0.05) is 41.7 Å². The second-order valence-electron chi connectivity index (χ2n) is 8.05. The van der Waals surface area contributed by atoms with E-state index in [9.17, 15) is 14.4 Å². The van der Waals surface area contributed by atoms with Gasteiger partial charge in [0.1, 0.15) is 6.54 Å². The van der Waals surface area contributed by atoms with Gasteiger partial charge in [0.2, 0.25) is 5.91 Å². The Labute approximate surface area is 183 Å². The van der Waals surface area contributed by atoms with Crippen LogP contribution < -0.4 is 5.56 Å². The molecule has 8 heteroatoms. The largest absolute Gasteiger partial charge is 0.465 e. The summed E-state index contributed by atoms with van der Waals surface area (Å²) in [6.45, 7) is 2.80. The average molecular weight is 430 g/mol. The molecule has 1 amide bonds. The minimum atomic E-state index is -0.399. The Kier molecular flexibility index (Phi) is 4.77. The number of nitrogens with one attached hydrogen (secondary N) is 1. The number of para-hydroxylation sites is 1. The van der Waals surface area contributed by atoms with Crippen molar-refractivity contribution in [2.75, 3.05) is 13.7 Å². The van der Waals surface area contributed by atoms with Crippen molar-refractivity contribution in [2.24, 2.45) is 0 Å². The number of hydrogen-bond donors (Lipinski definition) is 1. The minimum Gasteiger partial charge on any atom is -0.465 e. The zero-order valence-electron chi connectivity index (χ0n) is 17.8. The predicted octanol–water partition coefficient (Wildman–Crippen LogP) is 2.56. The SMILES string of the molecule is COC(=O)c1ccc2[nH]c3c(c2c1)CN(C(=O)Cn1cnc2c(C)cccc2c1=O)CC3. The van der Waals surface area contributed by atoms with E-state index >= 15 is 0 Å². The third-order valence-corrected chi connectivity index (χ3v) is 6.11. The number of fused-ring (bicyclic) bond motifs is 4. The van der Waals surface area contributed by atoms with Gasteiger partial charge in [-0.15, -0.1) is 0 Å². The lowest BCUT2D eigenvalue weighted by Gasteiger charge is -2.27. The van der Waals surface area contributed by atoms with Crippen LogP contribution in [-0.2, 0) is 29.0 Å². The molecular weight excluding hydrogens is 408 g/mol. The first-order valence-corrected chi connectivity index (χ1v) is 10.4. The number of aryl methyl sites for hydroxylation is 1. The molecule has 2 aromatic carbocycles. The summed E-state index contributed by atoms with van der Waals surface area (Å²) >= 11 is 0. The second kappa shape index (κ2) is 7.64. The maximum atomic E-state index is 13.1. The van der Waals surface area contributed by atoms with Crippen molar-refractivity contribution >= 4 is 33.7 Å². The molecule has 0 saturated carbocycles. The van der Waals surface area contributed by atoms with Crippen molar-refractivity contribution in [3.05, 3.63) is 75.5 Å². The number of aromatic amines is 1. The summed E-state index contributed by atoms with van der Waals surface area (Å²) in [4.78, 5) is 47.4. The van der Waals surface area contributed by atoms with Crippen molar-refractivity contribution < 1.29 is 14.3 Å². The first-order chi connectivity index (χ1) is 15.5. The molecule has 1 aliphatic heterocycles. The van der Waals surface area contributed by atoms with Crippen LogP contribution in [0.1, 0.15) is 27.2 Å². The monoisotopic (exact) mass is 430 g/mol. The van der Waals surface area contributed by atoms with Crippen molar-refractivity contribution in [3.8, 4) is 0 Å². The number of esters is 1. The highest BCUT2D eigenvalue weighted by molar-refractivity contribution is 5.96. The summed E-state index contributed by atoms with van der Waals surface area (Å²) in [6, 6.07) is 10.8. The second-order valence-corrected chi connectivity index (χ2v) is 8.05. The summed E-state index contributed by atoms with van der Waals surface area (Å²) < 4.78 is 6.19. The molecular formula is C24H22N4O4. The zero-order valence-corrected chi connectivity index (χ0v) is 17.8. The number of hydrogen-bond acceptors (Lipinski definition) is 5. The zero-order chi connectivity index (χ0) is 22.4. The van der Waals surface area contributed by atoms with Crippen LogP contribution in [0.5, 0.6) is 0 Å². The van der Waals surface area contributed by atoms with E-state index in [2.05, 4.69) is 9.97 Å². The van der Waals surface area contributed by atoms with E-state index in [0.717, 1.165) is 27.7 Å². The molecule has 0 aliphatic carbocycles. The number of rotatable bonds is 3. The Balaban J connectivity index is 1.42. The molecule has 0 fully saturated rings. The molecule has 0 spiro atoms. The lowest BCUT2D eigenvalue weighted by atomic mass is 10.0. The molecule has 3 heterocycles. The van der Waals surface area contributed by atoms with Crippen LogP contribution in [-0.4, -0.2) is 45.0 Å². The van der Waals surface area contributed by atoms with Crippen LogP contribution >= 0.6 is 0 Å². The average Bonchev–Trinajstić information content (AvgIpc) is 3.17. The normalized spacial score (nSPS) is 13.4. The van der Waals surface area contributed by atoms with Crippen molar-refractivity contribution in [1.82, 2.24) is 19.4 Å². The lowest BCUT2D eigenvalue weighted by Crippen LogP contribution is -2.39. The van der Waals surface area contributed by atoms with Gasteiger partial charge in [-0.25, -0.2) is 9.78 Å². The van der Waals surface area contributed by atoms with E-state index in [4.69, 9.17) is 4.74 Å². The highest BCUT2D eigenvalue weighted by Crippen LogP contribution is 2.29. The van der Waals surface area contributed by atoms with Gasteiger partial charge < -0.3 is 14.6 Å². The maximum Gasteiger partial charge on any atom is 0.337 e. The fraction of sp³-hybridized carbons (Fsp3) is 0.250. The Morgan fingerprint density at radius 3 is 2.84 bits per heavy atom. The molecule has 1 aliphatic rings. The van der Waals surface area contributed by atoms with E-state index < -0.39 is 5.97 Å². The smallest absolute Gasteiger partial charge is 0.337 e. The summed E-state index contributed by atoms with van der Waals surface area (Å²) in [5.41, 5.74) is 4.79. The van der Waals surface area contributed by atoms with Gasteiger partial charge in [-0.1, -0.05) is 12.1 Å². The number of aromatic nitrogens is 3. The molecule has 8 nitrogen and oxygen atoms in total. The molecule has 0 radical (unpaired) electrons. The van der Waals surface area contributed by atoms with Gasteiger partial charge in [-0.3, -0.25) is 14.2 Å². The van der Waals surface area contributed by atoms with Crippen LogP contribution in [0.15, 0.2) is 47.5 Å². The molecule has 0 unspecified atom stereocenters. The van der Waals surface area contributed by atoms with Gasteiger partial charge in [0.15, 0.2) is 0 Å². The Morgan fingerprint density at radius 1 is 1.19 bits per heavy atom. The first-order valence-electron chi connectivity index (χ1n) is 10.4. The van der Waals surface area contributed by atoms with Gasteiger partial charge in [0.05, 0.1) is 29.9 Å². The highest BCUT2D eigenvalue weighted by atomic mass is 16.5. The van der Waals surface area contributed by atoms with E-state index in [1.807, 2.05) is 25.1 Å². The quantitative estimate of drug-likeness (QED) is 0.504. The number of ether oxygens (including phenoxy) is 1. The van der Waals surface area contributed by atoms with Crippen molar-refractivity contribution in [3.63, 3.8) is 0 Å². The van der Waals surface area contributed by atoms with Crippen LogP contribution in [0, 0.1) is 6.92 Å². The van der Waals surface area contributed by atoms with E-state index in [1.54, 1.807) is 23.1 Å². The van der Waals surface area contributed by atoms with E-state index in [1.165, 1.54) is 18.0 Å². The molecule has 0 bridgehead atoms. The third-order valence-electron chi connectivity index (χ3n) is 6.11. The van der Waals surface area contributed by atoms with E-state index in [-0.39, 0.29) is 18.0 Å². The number of carbonyl (C=O) groups excluding carboxylic acids is 2. The van der Waals surface area contributed by atoms with Gasteiger partial charge in [-0.2, -0.15) is 0 Å². The summed E-state index contributed by atoms with van der Waals surface area (Å²) in [7, 11) is 1.35. The standard InChI is InChI=1S/C24H22N4O4/c1-14-4-3-5-16-22(14)25-13-28(23(16)30)12-21(29)27-9-8-20-18(11-27)17-10-15(24(31)32-2)6-7-19(17)26-20/h3-7,10,13,26H,8-9,11-12H2,1-2H3. The predicted molar refractivity (Wildman–Crippen MR) is 119 cm³/mol. The summed E-state index contributed by atoms with van der Waals surface area (Å²) in [5.74, 6) is -0.547. The molecule has 4 aromatic rings. The maximum absolute atomic E-state index is 13.1. The first kappa shape index (κ1) is 20.0. The number of nitrogens with zero attached hydrogens (tertiary/aromatic N) is 3. The van der Waals surface area contributed by atoms with Gasteiger partial charge in [-0.05, 0) is 36.8 Å². The minimum absolute atomic E-state index is 0.0686. The molecule has 5 rings (SSSR count). The Hall–Kier alpha value is -3.94. The molecule has 162 valence electrons. The summed E-state index contributed by atoms with van der Waals surface area (Å²) in [6.07, 6.45) is 2.12. The number of carbonyl (C=O) groups is 2. The third kappa shape index (κ3) is 3.24. The molecule has 0 saturated heterocycles. The number of H-pyrrole nitrogens is 1. The topological polar surface area (TPSA) is 97.3 Å². The number of benzene rings is 2. The fourth-order valence-electron chi connectivity index (χ4n) is 4.37. The fourth-order valence-corrected chi connectivity index (χ4v) is 4.37. The van der Waals surface area contributed by atoms with Crippen LogP contribution in [0.2, 0.25) is 0 Å². The van der Waals surface area contributed by atoms with Crippen LogP contribution in [0.3, 0.4) is 0 Å². The Morgan fingerprint density at radius 2 is 2.03 bits per heavy atom. The molecule has 1 N–H and O–H groups in total. The van der Waals surface area contributed by atoms with E-state index in [0.29, 0.717) is 36.0 Å². The van der Waals surface area contributed by atoms with Crippen LogP contribution in [0.25, 0.3) is 21.8 Å². The number of methoxy groups -OCH3 is 1. The number of amides is 1. The lowest BCUT2D eigenvalue weighted by molar-refractivity contribution is -0.132. The van der Waals surface area contributed by atoms with Crippen LogP contribution in [0.4, 0.5) is 0 Å². The molecule has 2 aromatic heterocycles. The van der Waals surface area contributed by atoms with Crippen molar-refractivity contribution in [1.29, 1.82) is 0 Å².